The number of nitrogens with zero attached hydrogens (tertiary/aromatic N) is 3. The van der Waals surface area contributed by atoms with Crippen molar-refractivity contribution in [1.29, 1.82) is 0 Å². The molecular weight excluding hydrogens is 616 g/mol. The Labute approximate surface area is 272 Å². The van der Waals surface area contributed by atoms with Crippen molar-refractivity contribution in [3.63, 3.8) is 0 Å². The largest absolute Gasteiger partial charge is 0.481 e. The van der Waals surface area contributed by atoms with Crippen molar-refractivity contribution in [3.8, 4) is 17.1 Å². The van der Waals surface area contributed by atoms with Crippen LogP contribution in [-0.4, -0.2) is 68.4 Å². The lowest BCUT2D eigenvalue weighted by molar-refractivity contribution is -0.172. The summed E-state index contributed by atoms with van der Waals surface area (Å²) in [5, 5.41) is 24.2. The molecule has 3 aliphatic heterocycles. The molecule has 3 aliphatic rings. The van der Waals surface area contributed by atoms with Gasteiger partial charge in [0, 0.05) is 42.1 Å². The molecule has 1 atom stereocenters. The normalized spacial score (nSPS) is 18.8. The zero-order valence-electron chi connectivity index (χ0n) is 26.0. The number of likely N-dealkylation sites (tertiary alicyclic amines) is 1. The highest BCUT2D eigenvalue weighted by Gasteiger charge is 2.45. The summed E-state index contributed by atoms with van der Waals surface area (Å²) in [5.74, 6) is -1.12. The number of carboxylic acids is 1. The van der Waals surface area contributed by atoms with Gasteiger partial charge in [0.1, 0.15) is 12.4 Å². The zero-order valence-corrected chi connectivity index (χ0v) is 26.8. The molecule has 1 aromatic carbocycles. The fourth-order valence-electron chi connectivity index (χ4n) is 6.75. The molecule has 3 N–H and O–H groups in total. The van der Waals surface area contributed by atoms with Crippen LogP contribution in [0.3, 0.4) is 0 Å². The SMILES string of the molecule is CCc1c2c(nc3ccc(OC(=O)N4CCC(NCCCCC(=O)O)CC4)cc13)-c1cc3c(c(=O)n1C2)COC(=O)[C@@]3(O)CC.Cl. The van der Waals surface area contributed by atoms with E-state index in [1.165, 1.54) is 0 Å². The average molecular weight is 655 g/mol. The second-order valence-electron chi connectivity index (χ2n) is 12.0. The topological polar surface area (TPSA) is 160 Å². The lowest BCUT2D eigenvalue weighted by atomic mass is 9.86. The van der Waals surface area contributed by atoms with Crippen molar-refractivity contribution in [2.75, 3.05) is 19.6 Å². The smallest absolute Gasteiger partial charge is 0.415 e. The number of amides is 1. The number of aliphatic carboxylic acids is 1. The summed E-state index contributed by atoms with van der Waals surface area (Å²) in [4.78, 5) is 56.4. The first-order chi connectivity index (χ1) is 21.6. The molecule has 5 heterocycles. The Balaban J connectivity index is 0.00000417. The number of unbranched alkanes of at least 4 members (excludes halogenated alkanes) is 1. The highest BCUT2D eigenvalue weighted by Crippen LogP contribution is 2.40. The number of esters is 1. The van der Waals surface area contributed by atoms with Crippen LogP contribution in [0.2, 0.25) is 0 Å². The Bertz CT molecular complexity index is 1750. The molecule has 0 saturated carbocycles. The van der Waals surface area contributed by atoms with Crippen molar-refractivity contribution < 1.29 is 34.1 Å². The van der Waals surface area contributed by atoms with Gasteiger partial charge in [-0.25, -0.2) is 14.6 Å². The Kier molecular flexibility index (Phi) is 9.71. The molecule has 3 aromatic rings. The van der Waals surface area contributed by atoms with E-state index in [2.05, 4.69) is 5.32 Å². The van der Waals surface area contributed by atoms with Gasteiger partial charge in [-0.1, -0.05) is 13.8 Å². The number of benzene rings is 1. The minimum atomic E-state index is -1.89. The number of aryl methyl sites for hydroxylation is 1. The number of ether oxygens (including phenoxy) is 2. The van der Waals surface area contributed by atoms with Crippen LogP contribution in [0.5, 0.6) is 5.75 Å². The van der Waals surface area contributed by atoms with Gasteiger partial charge < -0.3 is 34.5 Å². The average Bonchev–Trinajstić information content (AvgIpc) is 3.40. The van der Waals surface area contributed by atoms with Crippen LogP contribution < -0.4 is 15.6 Å². The summed E-state index contributed by atoms with van der Waals surface area (Å²) in [6.07, 6.45) is 3.53. The molecule has 0 spiro atoms. The van der Waals surface area contributed by atoms with E-state index in [0.717, 1.165) is 42.3 Å². The second-order valence-corrected chi connectivity index (χ2v) is 12.0. The van der Waals surface area contributed by atoms with Gasteiger partial charge in [0.15, 0.2) is 5.60 Å². The Morgan fingerprint density at radius 2 is 1.89 bits per heavy atom. The van der Waals surface area contributed by atoms with Gasteiger partial charge in [-0.15, -0.1) is 12.4 Å². The van der Waals surface area contributed by atoms with E-state index < -0.39 is 23.6 Å². The summed E-state index contributed by atoms with van der Waals surface area (Å²) < 4.78 is 12.6. The number of cyclic esters (lactones) is 1. The van der Waals surface area contributed by atoms with Crippen molar-refractivity contribution in [2.24, 2.45) is 0 Å². The fraction of sp³-hybridized carbons (Fsp3) is 0.485. The molecule has 6 rings (SSSR count). The van der Waals surface area contributed by atoms with E-state index in [0.29, 0.717) is 55.1 Å². The van der Waals surface area contributed by atoms with Gasteiger partial charge in [-0.2, -0.15) is 0 Å². The van der Waals surface area contributed by atoms with E-state index >= 15 is 0 Å². The number of nitrogens with one attached hydrogen (secondary N) is 1. The van der Waals surface area contributed by atoms with Crippen molar-refractivity contribution in [2.45, 2.75) is 83.6 Å². The number of pyridine rings is 2. The molecule has 46 heavy (non-hydrogen) atoms. The minimum absolute atomic E-state index is 0. The summed E-state index contributed by atoms with van der Waals surface area (Å²) in [6.45, 7) is 5.71. The van der Waals surface area contributed by atoms with Gasteiger partial charge in [0.05, 0.1) is 29.0 Å². The highest BCUT2D eigenvalue weighted by molar-refractivity contribution is 5.90. The maximum atomic E-state index is 13.6. The molecule has 0 aliphatic carbocycles. The number of aliphatic hydroxyl groups is 1. The van der Waals surface area contributed by atoms with Crippen LogP contribution in [0, 0.1) is 0 Å². The number of carbonyl (C=O) groups is 3. The number of piperidine rings is 1. The van der Waals surface area contributed by atoms with Crippen LogP contribution in [0.25, 0.3) is 22.3 Å². The van der Waals surface area contributed by atoms with Gasteiger partial charge in [0.25, 0.3) is 5.56 Å². The molecule has 246 valence electrons. The standard InChI is InChI=1S/C33H38N4O8.ClH/c1-3-21-22-15-20(45-32(42)36-13-10-19(11-14-36)34-12-6-5-7-28(38)39)8-9-26(22)35-29-23(21)17-37-27(29)16-25-24(30(37)40)18-44-31(41)33(25,43)4-2;/h8-9,15-16,19,34,43H,3-7,10-14,17-18H2,1-2H3,(H,38,39);1H/t33-;/m1./s1. The predicted octanol–water partition coefficient (Wildman–Crippen LogP) is 3.87. The molecule has 0 radical (unpaired) electrons. The van der Waals surface area contributed by atoms with Gasteiger partial charge in [-0.3, -0.25) is 9.59 Å². The predicted molar refractivity (Wildman–Crippen MR) is 171 cm³/mol. The Morgan fingerprint density at radius 1 is 1.13 bits per heavy atom. The number of hydrogen-bond acceptors (Lipinski definition) is 9. The number of hydrogen-bond donors (Lipinski definition) is 3. The minimum Gasteiger partial charge on any atom is -0.481 e. The van der Waals surface area contributed by atoms with E-state index in [1.807, 2.05) is 13.0 Å². The first-order valence-corrected chi connectivity index (χ1v) is 15.7. The first kappa shape index (κ1) is 33.4. The van der Waals surface area contributed by atoms with E-state index in [9.17, 15) is 24.3 Å². The third-order valence-electron chi connectivity index (χ3n) is 9.34. The molecule has 13 heteroatoms. The van der Waals surface area contributed by atoms with Crippen molar-refractivity contribution in [3.05, 3.63) is 56.9 Å². The Hall–Kier alpha value is -4.00. The number of aromatic nitrogens is 2. The van der Waals surface area contributed by atoms with Crippen LogP contribution >= 0.6 is 12.4 Å². The summed E-state index contributed by atoms with van der Waals surface area (Å²) in [5.41, 5.74) is 2.12. The van der Waals surface area contributed by atoms with Gasteiger partial charge in [0.2, 0.25) is 0 Å². The van der Waals surface area contributed by atoms with Crippen LogP contribution in [0.15, 0.2) is 29.1 Å². The summed E-state index contributed by atoms with van der Waals surface area (Å²) in [7, 11) is 0. The molecule has 2 aromatic heterocycles. The van der Waals surface area contributed by atoms with Gasteiger partial charge >= 0.3 is 18.0 Å². The molecule has 12 nitrogen and oxygen atoms in total. The quantitative estimate of drug-likeness (QED) is 0.179. The van der Waals surface area contributed by atoms with Crippen molar-refractivity contribution >= 4 is 41.3 Å². The number of fused-ring (bicyclic) bond motifs is 5. The lowest BCUT2D eigenvalue weighted by Gasteiger charge is -2.31. The first-order valence-electron chi connectivity index (χ1n) is 15.7. The number of rotatable bonds is 9. The maximum Gasteiger partial charge on any atom is 0.415 e. The molecule has 1 saturated heterocycles. The molecule has 0 bridgehead atoms. The number of carboxylic acid groups (broad SMARTS) is 1. The third kappa shape index (κ3) is 5.96. The summed E-state index contributed by atoms with van der Waals surface area (Å²) in [6, 6.07) is 7.33. The van der Waals surface area contributed by atoms with E-state index in [-0.39, 0.29) is 54.6 Å². The number of carbonyl (C=O) groups excluding carboxylic acids is 2. The molecular formula is C33H39ClN4O8. The third-order valence-corrected chi connectivity index (χ3v) is 9.34. The molecule has 1 amide bonds. The number of halogens is 1. The Morgan fingerprint density at radius 3 is 2.59 bits per heavy atom. The maximum absolute atomic E-state index is 13.6. The van der Waals surface area contributed by atoms with E-state index in [1.54, 1.807) is 34.6 Å². The lowest BCUT2D eigenvalue weighted by Crippen LogP contribution is -2.46. The second kappa shape index (κ2) is 13.4. The monoisotopic (exact) mass is 654 g/mol. The molecule has 1 fully saturated rings. The zero-order chi connectivity index (χ0) is 31.9. The van der Waals surface area contributed by atoms with E-state index in [4.69, 9.17) is 19.6 Å². The van der Waals surface area contributed by atoms with Crippen LogP contribution in [0.1, 0.15) is 74.6 Å². The van der Waals surface area contributed by atoms with Crippen LogP contribution in [0.4, 0.5) is 4.79 Å². The highest BCUT2D eigenvalue weighted by atomic mass is 35.5. The van der Waals surface area contributed by atoms with Crippen LogP contribution in [-0.2, 0) is 39.5 Å². The molecule has 0 unspecified atom stereocenters. The van der Waals surface area contributed by atoms with Gasteiger partial charge in [-0.05, 0) is 74.9 Å². The summed E-state index contributed by atoms with van der Waals surface area (Å²) >= 11 is 0. The fourth-order valence-corrected chi connectivity index (χ4v) is 6.75. The van der Waals surface area contributed by atoms with Crippen molar-refractivity contribution in [1.82, 2.24) is 19.8 Å².